The lowest BCUT2D eigenvalue weighted by molar-refractivity contribution is -0.141. The molecule has 0 saturated carbocycles. The van der Waals surface area contributed by atoms with E-state index in [1.807, 2.05) is 61.5 Å². The second-order valence-corrected chi connectivity index (χ2v) is 6.60. The van der Waals surface area contributed by atoms with Gasteiger partial charge in [-0.2, -0.15) is 0 Å². The van der Waals surface area contributed by atoms with Crippen LogP contribution in [0.5, 0.6) is 11.5 Å². The highest BCUT2D eigenvalue weighted by Crippen LogP contribution is 2.36. The Bertz CT molecular complexity index is 891. The average Bonchev–Trinajstić information content (AvgIpc) is 2.76. The number of hydrogen-bond donors (Lipinski definition) is 0. The molecule has 0 bridgehead atoms. The summed E-state index contributed by atoms with van der Waals surface area (Å²) in [6.45, 7) is 3.27. The van der Waals surface area contributed by atoms with Crippen molar-refractivity contribution in [2.24, 2.45) is 0 Å². The number of fused-ring (bicyclic) bond motifs is 1. The van der Waals surface area contributed by atoms with E-state index in [4.69, 9.17) is 14.2 Å². The first-order valence-corrected chi connectivity index (χ1v) is 9.61. The van der Waals surface area contributed by atoms with Gasteiger partial charge < -0.3 is 19.1 Å². The van der Waals surface area contributed by atoms with Crippen LogP contribution in [0.2, 0.25) is 0 Å². The molecule has 0 atom stereocenters. The van der Waals surface area contributed by atoms with Crippen LogP contribution in [-0.2, 0) is 20.9 Å². The summed E-state index contributed by atoms with van der Waals surface area (Å²) < 4.78 is 16.2. The van der Waals surface area contributed by atoms with Gasteiger partial charge in [-0.15, -0.1) is 0 Å². The lowest BCUT2D eigenvalue weighted by atomic mass is 10.1. The van der Waals surface area contributed by atoms with E-state index >= 15 is 0 Å². The topological polar surface area (TPSA) is 65.1 Å². The molecule has 0 radical (unpaired) electrons. The maximum absolute atomic E-state index is 13.2. The van der Waals surface area contributed by atoms with Gasteiger partial charge in [0.15, 0.2) is 11.5 Å². The third-order valence-electron chi connectivity index (χ3n) is 4.60. The van der Waals surface area contributed by atoms with Crippen LogP contribution in [0.15, 0.2) is 54.1 Å². The van der Waals surface area contributed by atoms with E-state index in [9.17, 15) is 9.59 Å². The standard InChI is InChI=1S/C23H25NO5/c1-3-28-20-11-7-10-18-14-19(16-29-22(18)20)23(26)24(13-12-21(25)27-2)15-17-8-5-4-6-9-17/h4-11,14H,3,12-13,15-16H2,1-2H3. The predicted molar refractivity (Wildman–Crippen MR) is 110 cm³/mol. The van der Waals surface area contributed by atoms with Crippen molar-refractivity contribution in [3.8, 4) is 11.5 Å². The molecule has 6 nitrogen and oxygen atoms in total. The van der Waals surface area contributed by atoms with Crippen molar-refractivity contribution in [1.29, 1.82) is 0 Å². The molecule has 29 heavy (non-hydrogen) atoms. The van der Waals surface area contributed by atoms with Crippen molar-refractivity contribution in [3.05, 3.63) is 65.2 Å². The third-order valence-corrected chi connectivity index (χ3v) is 4.60. The van der Waals surface area contributed by atoms with E-state index in [1.165, 1.54) is 7.11 Å². The van der Waals surface area contributed by atoms with Gasteiger partial charge in [-0.25, -0.2) is 0 Å². The van der Waals surface area contributed by atoms with Gasteiger partial charge in [0.2, 0.25) is 0 Å². The van der Waals surface area contributed by atoms with Crippen LogP contribution in [0.25, 0.3) is 6.08 Å². The first kappa shape index (κ1) is 20.5. The summed E-state index contributed by atoms with van der Waals surface area (Å²) in [6.07, 6.45) is 1.97. The number of para-hydroxylation sites is 1. The molecule has 6 heteroatoms. The summed E-state index contributed by atoms with van der Waals surface area (Å²) in [5.41, 5.74) is 2.33. The van der Waals surface area contributed by atoms with E-state index in [-0.39, 0.29) is 31.4 Å². The van der Waals surface area contributed by atoms with Crippen LogP contribution >= 0.6 is 0 Å². The molecule has 0 saturated heterocycles. The maximum Gasteiger partial charge on any atom is 0.307 e. The molecule has 0 unspecified atom stereocenters. The van der Waals surface area contributed by atoms with Crippen LogP contribution in [0.1, 0.15) is 24.5 Å². The summed E-state index contributed by atoms with van der Waals surface area (Å²) in [7, 11) is 1.34. The fraction of sp³-hybridized carbons (Fsp3) is 0.304. The number of benzene rings is 2. The molecule has 1 amide bonds. The molecule has 3 rings (SSSR count). The van der Waals surface area contributed by atoms with Crippen LogP contribution in [0.3, 0.4) is 0 Å². The van der Waals surface area contributed by atoms with E-state index in [0.29, 0.717) is 30.2 Å². The maximum atomic E-state index is 13.2. The van der Waals surface area contributed by atoms with E-state index in [0.717, 1.165) is 11.1 Å². The number of carbonyl (C=O) groups excluding carboxylic acids is 2. The van der Waals surface area contributed by atoms with E-state index < -0.39 is 0 Å². The summed E-state index contributed by atoms with van der Waals surface area (Å²) in [4.78, 5) is 26.5. The molecule has 0 fully saturated rings. The number of rotatable bonds is 8. The molecule has 0 aromatic heterocycles. The molecule has 2 aromatic rings. The molecule has 2 aromatic carbocycles. The molecule has 0 aliphatic carbocycles. The van der Waals surface area contributed by atoms with Crippen molar-refractivity contribution >= 4 is 18.0 Å². The monoisotopic (exact) mass is 395 g/mol. The van der Waals surface area contributed by atoms with Crippen molar-refractivity contribution in [3.63, 3.8) is 0 Å². The summed E-state index contributed by atoms with van der Waals surface area (Å²) in [5.74, 6) is 0.802. The number of amides is 1. The minimum Gasteiger partial charge on any atom is -0.490 e. The van der Waals surface area contributed by atoms with Crippen molar-refractivity contribution in [2.45, 2.75) is 19.9 Å². The fourth-order valence-electron chi connectivity index (χ4n) is 3.16. The Labute approximate surface area is 170 Å². The second-order valence-electron chi connectivity index (χ2n) is 6.60. The smallest absolute Gasteiger partial charge is 0.307 e. The molecule has 152 valence electrons. The van der Waals surface area contributed by atoms with Gasteiger partial charge in [0.25, 0.3) is 5.91 Å². The Kier molecular flexibility index (Phi) is 6.89. The first-order valence-electron chi connectivity index (χ1n) is 9.61. The third kappa shape index (κ3) is 5.16. The average molecular weight is 395 g/mol. The summed E-state index contributed by atoms with van der Waals surface area (Å²) in [6, 6.07) is 15.3. The van der Waals surface area contributed by atoms with Crippen LogP contribution < -0.4 is 9.47 Å². The highest BCUT2D eigenvalue weighted by molar-refractivity contribution is 5.99. The zero-order valence-corrected chi connectivity index (χ0v) is 16.7. The normalized spacial score (nSPS) is 12.3. The molecule has 1 aliphatic heterocycles. The number of hydrogen-bond acceptors (Lipinski definition) is 5. The Morgan fingerprint density at radius 3 is 2.62 bits per heavy atom. The molecule has 1 aliphatic rings. The molecular weight excluding hydrogens is 370 g/mol. The summed E-state index contributed by atoms with van der Waals surface area (Å²) >= 11 is 0. The Morgan fingerprint density at radius 1 is 1.10 bits per heavy atom. The summed E-state index contributed by atoms with van der Waals surface area (Å²) in [5, 5.41) is 0. The molecule has 1 heterocycles. The number of nitrogens with zero attached hydrogens (tertiary/aromatic N) is 1. The van der Waals surface area contributed by atoms with Gasteiger partial charge in [0, 0.05) is 18.7 Å². The highest BCUT2D eigenvalue weighted by atomic mass is 16.5. The highest BCUT2D eigenvalue weighted by Gasteiger charge is 2.24. The lowest BCUT2D eigenvalue weighted by Crippen LogP contribution is -2.35. The van der Waals surface area contributed by atoms with Gasteiger partial charge in [-0.05, 0) is 24.6 Å². The van der Waals surface area contributed by atoms with Crippen LogP contribution in [0.4, 0.5) is 0 Å². The predicted octanol–water partition coefficient (Wildman–Crippen LogP) is 3.45. The lowest BCUT2D eigenvalue weighted by Gasteiger charge is -2.26. The van der Waals surface area contributed by atoms with Crippen molar-refractivity contribution in [2.75, 3.05) is 26.9 Å². The first-order chi connectivity index (χ1) is 14.1. The number of esters is 1. The van der Waals surface area contributed by atoms with Gasteiger partial charge in [0.1, 0.15) is 6.61 Å². The Hall–Kier alpha value is -3.28. The molecule has 0 N–H and O–H groups in total. The fourth-order valence-corrected chi connectivity index (χ4v) is 3.16. The zero-order chi connectivity index (χ0) is 20.6. The number of methoxy groups -OCH3 is 1. The number of carbonyl (C=O) groups is 2. The Morgan fingerprint density at radius 2 is 1.90 bits per heavy atom. The quantitative estimate of drug-likeness (QED) is 0.641. The van der Waals surface area contributed by atoms with Crippen LogP contribution in [-0.4, -0.2) is 43.6 Å². The largest absolute Gasteiger partial charge is 0.490 e. The van der Waals surface area contributed by atoms with Crippen molar-refractivity contribution in [1.82, 2.24) is 4.90 Å². The van der Waals surface area contributed by atoms with E-state index in [1.54, 1.807) is 4.90 Å². The van der Waals surface area contributed by atoms with Gasteiger partial charge in [-0.1, -0.05) is 42.5 Å². The zero-order valence-electron chi connectivity index (χ0n) is 16.7. The van der Waals surface area contributed by atoms with Crippen molar-refractivity contribution < 1.29 is 23.8 Å². The van der Waals surface area contributed by atoms with Crippen LogP contribution in [0, 0.1) is 0 Å². The Balaban J connectivity index is 1.83. The SMILES string of the molecule is CCOc1cccc2c1OCC(C(=O)N(CCC(=O)OC)Cc1ccccc1)=C2. The second kappa shape index (κ2) is 9.78. The van der Waals surface area contributed by atoms with E-state index in [2.05, 4.69) is 0 Å². The minimum absolute atomic E-state index is 0.133. The molecule has 0 spiro atoms. The molecular formula is C23H25NO5. The van der Waals surface area contributed by atoms with Gasteiger partial charge in [0.05, 0.1) is 25.7 Å². The van der Waals surface area contributed by atoms with Gasteiger partial charge in [-0.3, -0.25) is 9.59 Å². The van der Waals surface area contributed by atoms with Gasteiger partial charge >= 0.3 is 5.97 Å². The minimum atomic E-state index is -0.351. The number of ether oxygens (including phenoxy) is 3.